The van der Waals surface area contributed by atoms with Gasteiger partial charge in [0.2, 0.25) is 0 Å². The maximum atomic E-state index is 11.5. The number of benzene rings is 1. The van der Waals surface area contributed by atoms with Gasteiger partial charge in [-0.05, 0) is 30.7 Å². The molecule has 86 valence electrons. The van der Waals surface area contributed by atoms with Crippen LogP contribution in [0.1, 0.15) is 5.56 Å². The molecular weight excluding hydrogens is 208 g/mol. The number of aliphatic hydroxyl groups excluding tert-OH is 1. The van der Waals surface area contributed by atoms with E-state index in [1.165, 1.54) is 4.90 Å². The molecule has 2 rings (SSSR count). The van der Waals surface area contributed by atoms with Crippen molar-refractivity contribution in [2.24, 2.45) is 5.73 Å². The molecule has 0 radical (unpaired) electrons. The first-order chi connectivity index (χ1) is 7.76. The van der Waals surface area contributed by atoms with Crippen molar-refractivity contribution in [1.82, 2.24) is 0 Å². The summed E-state index contributed by atoms with van der Waals surface area (Å²) in [6.45, 7) is 0.192. The van der Waals surface area contributed by atoms with Gasteiger partial charge in [-0.2, -0.15) is 0 Å². The number of hydrogen-bond donors (Lipinski definition) is 2. The molecule has 1 amide bonds. The Bertz CT molecular complexity index is 406. The molecule has 0 aromatic heterocycles. The summed E-state index contributed by atoms with van der Waals surface area (Å²) < 4.78 is 5.27. The van der Waals surface area contributed by atoms with Crippen molar-refractivity contribution < 1.29 is 14.6 Å². The SMILES string of the molecule is NCCc1ccc2c(c1)N(CO)C(=O)CO2. The molecule has 0 aliphatic carbocycles. The number of fused-ring (bicyclic) bond motifs is 1. The Balaban J connectivity index is 2.37. The summed E-state index contributed by atoms with van der Waals surface area (Å²) in [4.78, 5) is 12.8. The third kappa shape index (κ3) is 1.87. The first kappa shape index (κ1) is 10.9. The molecule has 0 bridgehead atoms. The molecule has 1 aromatic carbocycles. The van der Waals surface area contributed by atoms with Gasteiger partial charge in [-0.1, -0.05) is 6.07 Å². The maximum Gasteiger partial charge on any atom is 0.266 e. The summed E-state index contributed by atoms with van der Waals surface area (Å²) >= 11 is 0. The van der Waals surface area contributed by atoms with Gasteiger partial charge in [0.05, 0.1) is 5.69 Å². The minimum atomic E-state index is -0.332. The van der Waals surface area contributed by atoms with E-state index in [4.69, 9.17) is 15.6 Å². The lowest BCUT2D eigenvalue weighted by atomic mass is 10.1. The molecule has 3 N–H and O–H groups in total. The average Bonchev–Trinajstić information content (AvgIpc) is 2.29. The lowest BCUT2D eigenvalue weighted by Gasteiger charge is -2.27. The van der Waals surface area contributed by atoms with Crippen molar-refractivity contribution in [3.63, 3.8) is 0 Å². The zero-order valence-corrected chi connectivity index (χ0v) is 8.85. The number of ether oxygens (including phenoxy) is 1. The zero-order chi connectivity index (χ0) is 11.5. The number of aliphatic hydroxyl groups is 1. The molecule has 0 unspecified atom stereocenters. The normalized spacial score (nSPS) is 14.6. The largest absolute Gasteiger partial charge is 0.482 e. The maximum absolute atomic E-state index is 11.5. The number of amides is 1. The van der Waals surface area contributed by atoms with Crippen LogP contribution in [0.3, 0.4) is 0 Å². The van der Waals surface area contributed by atoms with E-state index in [1.807, 2.05) is 12.1 Å². The van der Waals surface area contributed by atoms with Gasteiger partial charge < -0.3 is 15.6 Å². The van der Waals surface area contributed by atoms with Gasteiger partial charge in [0.1, 0.15) is 12.5 Å². The molecule has 5 heteroatoms. The first-order valence-corrected chi connectivity index (χ1v) is 5.13. The van der Waals surface area contributed by atoms with Crippen LogP contribution >= 0.6 is 0 Å². The van der Waals surface area contributed by atoms with Gasteiger partial charge >= 0.3 is 0 Å². The van der Waals surface area contributed by atoms with Crippen LogP contribution < -0.4 is 15.4 Å². The summed E-state index contributed by atoms with van der Waals surface area (Å²) in [7, 11) is 0. The molecule has 1 aliphatic rings. The molecule has 1 aliphatic heterocycles. The van der Waals surface area contributed by atoms with Crippen LogP contribution in [0.5, 0.6) is 5.75 Å². The molecule has 0 spiro atoms. The fourth-order valence-corrected chi connectivity index (χ4v) is 1.72. The number of nitrogens with two attached hydrogens (primary N) is 1. The van der Waals surface area contributed by atoms with Gasteiger partial charge in [-0.15, -0.1) is 0 Å². The van der Waals surface area contributed by atoms with E-state index in [0.29, 0.717) is 18.0 Å². The Kier molecular flexibility index (Phi) is 3.07. The number of rotatable bonds is 3. The van der Waals surface area contributed by atoms with Crippen LogP contribution in [0, 0.1) is 0 Å². The second kappa shape index (κ2) is 4.51. The Morgan fingerprint density at radius 2 is 2.31 bits per heavy atom. The summed E-state index contributed by atoms with van der Waals surface area (Å²) in [6.07, 6.45) is 0.737. The summed E-state index contributed by atoms with van der Waals surface area (Å²) in [5.41, 5.74) is 7.11. The number of carbonyl (C=O) groups is 1. The molecule has 0 atom stereocenters. The number of carbonyl (C=O) groups excluding carboxylic acids is 1. The first-order valence-electron chi connectivity index (χ1n) is 5.13. The molecule has 1 aromatic rings. The highest BCUT2D eigenvalue weighted by Gasteiger charge is 2.24. The summed E-state index contributed by atoms with van der Waals surface area (Å²) in [5.74, 6) is 0.384. The Hall–Kier alpha value is -1.59. The van der Waals surface area contributed by atoms with Crippen LogP contribution in [0.15, 0.2) is 18.2 Å². The third-order valence-electron chi connectivity index (χ3n) is 2.54. The van der Waals surface area contributed by atoms with Gasteiger partial charge in [0, 0.05) is 0 Å². The molecular formula is C11H14N2O3. The second-order valence-corrected chi connectivity index (χ2v) is 3.59. The van der Waals surface area contributed by atoms with Crippen LogP contribution in [0.25, 0.3) is 0 Å². The monoisotopic (exact) mass is 222 g/mol. The fraction of sp³-hybridized carbons (Fsp3) is 0.364. The van der Waals surface area contributed by atoms with Gasteiger partial charge in [-0.25, -0.2) is 0 Å². The van der Waals surface area contributed by atoms with Crippen molar-refractivity contribution in [1.29, 1.82) is 0 Å². The highest BCUT2D eigenvalue weighted by Crippen LogP contribution is 2.32. The fourth-order valence-electron chi connectivity index (χ4n) is 1.72. The number of hydrogen-bond acceptors (Lipinski definition) is 4. The van der Waals surface area contributed by atoms with E-state index < -0.39 is 0 Å². The van der Waals surface area contributed by atoms with E-state index in [-0.39, 0.29) is 19.2 Å². The van der Waals surface area contributed by atoms with E-state index in [2.05, 4.69) is 0 Å². The van der Waals surface area contributed by atoms with E-state index >= 15 is 0 Å². The Morgan fingerprint density at radius 1 is 1.50 bits per heavy atom. The molecule has 0 saturated carbocycles. The molecule has 5 nitrogen and oxygen atoms in total. The van der Waals surface area contributed by atoms with Crippen LogP contribution in [0.4, 0.5) is 5.69 Å². The standard InChI is InChI=1S/C11H14N2O3/c12-4-3-8-1-2-10-9(5-8)13(7-14)11(15)6-16-10/h1-2,5,14H,3-4,6-7,12H2. The predicted molar refractivity (Wildman–Crippen MR) is 59.3 cm³/mol. The Morgan fingerprint density at radius 3 is 3.00 bits per heavy atom. The second-order valence-electron chi connectivity index (χ2n) is 3.59. The van der Waals surface area contributed by atoms with Crippen molar-refractivity contribution in [3.8, 4) is 5.75 Å². The molecule has 0 fully saturated rings. The van der Waals surface area contributed by atoms with E-state index in [0.717, 1.165) is 12.0 Å². The van der Waals surface area contributed by atoms with E-state index in [1.54, 1.807) is 6.07 Å². The topological polar surface area (TPSA) is 75.8 Å². The van der Waals surface area contributed by atoms with Crippen molar-refractivity contribution in [2.75, 3.05) is 24.8 Å². The van der Waals surface area contributed by atoms with Crippen LogP contribution in [-0.4, -0.2) is 30.9 Å². The summed E-state index contributed by atoms with van der Waals surface area (Å²) in [5, 5.41) is 9.15. The Labute approximate surface area is 93.4 Å². The highest BCUT2D eigenvalue weighted by molar-refractivity contribution is 5.97. The molecule has 1 heterocycles. The number of nitrogens with zero attached hydrogens (tertiary/aromatic N) is 1. The van der Waals surface area contributed by atoms with Gasteiger partial charge in [0.15, 0.2) is 6.61 Å². The van der Waals surface area contributed by atoms with Crippen molar-refractivity contribution >= 4 is 11.6 Å². The molecule has 0 saturated heterocycles. The minimum absolute atomic E-state index is 0.0240. The lowest BCUT2D eigenvalue weighted by Crippen LogP contribution is -2.39. The lowest BCUT2D eigenvalue weighted by molar-refractivity contribution is -0.122. The number of anilines is 1. The van der Waals surface area contributed by atoms with Crippen LogP contribution in [-0.2, 0) is 11.2 Å². The predicted octanol–water partition coefficient (Wildman–Crippen LogP) is -0.137. The minimum Gasteiger partial charge on any atom is -0.482 e. The summed E-state index contributed by atoms with van der Waals surface area (Å²) in [6, 6.07) is 5.54. The van der Waals surface area contributed by atoms with E-state index in [9.17, 15) is 4.79 Å². The van der Waals surface area contributed by atoms with Gasteiger partial charge in [-0.3, -0.25) is 9.69 Å². The zero-order valence-electron chi connectivity index (χ0n) is 8.85. The van der Waals surface area contributed by atoms with Crippen LogP contribution in [0.2, 0.25) is 0 Å². The average molecular weight is 222 g/mol. The third-order valence-corrected chi connectivity index (χ3v) is 2.54. The highest BCUT2D eigenvalue weighted by atomic mass is 16.5. The van der Waals surface area contributed by atoms with Crippen molar-refractivity contribution in [2.45, 2.75) is 6.42 Å². The molecule has 16 heavy (non-hydrogen) atoms. The smallest absolute Gasteiger partial charge is 0.266 e. The van der Waals surface area contributed by atoms with Crippen molar-refractivity contribution in [3.05, 3.63) is 23.8 Å². The quantitative estimate of drug-likeness (QED) is 0.746. The van der Waals surface area contributed by atoms with Gasteiger partial charge in [0.25, 0.3) is 5.91 Å².